The first kappa shape index (κ1) is 12.1. The fourth-order valence-electron chi connectivity index (χ4n) is 1.61. The van der Waals surface area contributed by atoms with Crippen LogP contribution in [0.5, 0.6) is 0 Å². The molecule has 0 spiro atoms. The van der Waals surface area contributed by atoms with Gasteiger partial charge < -0.3 is 9.47 Å². The first-order valence-corrected chi connectivity index (χ1v) is 6.69. The maximum absolute atomic E-state index is 5.82. The molecule has 0 bridgehead atoms. The van der Waals surface area contributed by atoms with Crippen LogP contribution in [0.4, 0.5) is 0 Å². The van der Waals surface area contributed by atoms with E-state index in [0.29, 0.717) is 6.61 Å². The van der Waals surface area contributed by atoms with E-state index < -0.39 is 0 Å². The highest BCUT2D eigenvalue weighted by Gasteiger charge is 2.25. The molecule has 1 fully saturated rings. The van der Waals surface area contributed by atoms with Crippen LogP contribution in [0.3, 0.4) is 0 Å². The SMILES string of the molecule is BrC(Br)=C1OCCC1OCc1ccccc1. The summed E-state index contributed by atoms with van der Waals surface area (Å²) in [7, 11) is 0. The maximum Gasteiger partial charge on any atom is 0.146 e. The van der Waals surface area contributed by atoms with Crippen molar-refractivity contribution in [3.63, 3.8) is 0 Å². The third kappa shape index (κ3) is 3.09. The quantitative estimate of drug-likeness (QED) is 0.824. The second-order valence-corrected chi connectivity index (χ2v) is 6.20. The number of rotatable bonds is 3. The predicted molar refractivity (Wildman–Crippen MR) is 70.5 cm³/mol. The lowest BCUT2D eigenvalue weighted by molar-refractivity contribution is 0.0617. The molecule has 1 aliphatic rings. The highest BCUT2D eigenvalue weighted by atomic mass is 79.9. The van der Waals surface area contributed by atoms with E-state index in [9.17, 15) is 0 Å². The minimum atomic E-state index is 0.0500. The Labute approximate surface area is 112 Å². The number of halogens is 2. The highest BCUT2D eigenvalue weighted by Crippen LogP contribution is 2.30. The monoisotopic (exact) mass is 346 g/mol. The van der Waals surface area contributed by atoms with Crippen molar-refractivity contribution in [1.29, 1.82) is 0 Å². The molecular formula is C12H12Br2O2. The van der Waals surface area contributed by atoms with Crippen molar-refractivity contribution in [2.75, 3.05) is 6.61 Å². The minimum Gasteiger partial charge on any atom is -0.493 e. The topological polar surface area (TPSA) is 18.5 Å². The average Bonchev–Trinajstić information content (AvgIpc) is 2.76. The summed E-state index contributed by atoms with van der Waals surface area (Å²) in [6.45, 7) is 1.33. The first-order valence-electron chi connectivity index (χ1n) is 5.11. The van der Waals surface area contributed by atoms with Gasteiger partial charge in [0.05, 0.1) is 13.2 Å². The van der Waals surface area contributed by atoms with Gasteiger partial charge in [0.15, 0.2) is 0 Å². The summed E-state index contributed by atoms with van der Waals surface area (Å²) >= 11 is 6.72. The Balaban J connectivity index is 1.94. The molecule has 1 aromatic rings. The summed E-state index contributed by atoms with van der Waals surface area (Å²) in [6, 6.07) is 10.1. The van der Waals surface area contributed by atoms with Crippen LogP contribution in [0.15, 0.2) is 39.5 Å². The third-order valence-electron chi connectivity index (χ3n) is 2.41. The van der Waals surface area contributed by atoms with Crippen LogP contribution in [0, 0.1) is 0 Å². The zero-order valence-electron chi connectivity index (χ0n) is 8.66. The molecule has 1 atom stereocenters. The highest BCUT2D eigenvalue weighted by molar-refractivity contribution is 9.28. The summed E-state index contributed by atoms with van der Waals surface area (Å²) in [5.41, 5.74) is 1.18. The summed E-state index contributed by atoms with van der Waals surface area (Å²) in [4.78, 5) is 0. The molecule has 0 radical (unpaired) electrons. The molecule has 1 aromatic carbocycles. The Hall–Kier alpha value is -0.320. The molecule has 0 amide bonds. The second-order valence-electron chi connectivity index (χ2n) is 3.55. The van der Waals surface area contributed by atoms with Crippen molar-refractivity contribution in [2.24, 2.45) is 0 Å². The van der Waals surface area contributed by atoms with E-state index >= 15 is 0 Å². The van der Waals surface area contributed by atoms with Crippen LogP contribution in [0.1, 0.15) is 12.0 Å². The van der Waals surface area contributed by atoms with Gasteiger partial charge in [0.25, 0.3) is 0 Å². The fraction of sp³-hybridized carbons (Fsp3) is 0.333. The number of ether oxygens (including phenoxy) is 2. The Bertz CT molecular complexity index is 372. The number of hydrogen-bond acceptors (Lipinski definition) is 2. The number of hydrogen-bond donors (Lipinski definition) is 0. The third-order valence-corrected chi connectivity index (χ3v) is 3.19. The summed E-state index contributed by atoms with van der Waals surface area (Å²) in [5.74, 6) is 0.857. The van der Waals surface area contributed by atoms with Crippen molar-refractivity contribution in [1.82, 2.24) is 0 Å². The van der Waals surface area contributed by atoms with Crippen molar-refractivity contribution in [2.45, 2.75) is 19.1 Å². The Morgan fingerprint density at radius 2 is 2.06 bits per heavy atom. The lowest BCUT2D eigenvalue weighted by Crippen LogP contribution is -2.11. The predicted octanol–water partition coefficient (Wildman–Crippen LogP) is 3.95. The van der Waals surface area contributed by atoms with Gasteiger partial charge in [0.1, 0.15) is 15.3 Å². The van der Waals surface area contributed by atoms with E-state index in [1.807, 2.05) is 18.2 Å². The lowest BCUT2D eigenvalue weighted by Gasteiger charge is -2.12. The van der Waals surface area contributed by atoms with E-state index in [1.165, 1.54) is 5.56 Å². The van der Waals surface area contributed by atoms with E-state index in [2.05, 4.69) is 44.0 Å². The molecule has 86 valence electrons. The van der Waals surface area contributed by atoms with Crippen molar-refractivity contribution in [3.8, 4) is 0 Å². The summed E-state index contributed by atoms with van der Waals surface area (Å²) in [6.07, 6.45) is 0.956. The van der Waals surface area contributed by atoms with E-state index in [0.717, 1.165) is 22.2 Å². The minimum absolute atomic E-state index is 0.0500. The molecule has 0 saturated carbocycles. The molecule has 16 heavy (non-hydrogen) atoms. The van der Waals surface area contributed by atoms with Crippen LogP contribution in [-0.4, -0.2) is 12.7 Å². The molecule has 0 N–H and O–H groups in total. The molecule has 4 heteroatoms. The van der Waals surface area contributed by atoms with E-state index in [-0.39, 0.29) is 6.10 Å². The first-order chi connectivity index (χ1) is 7.77. The van der Waals surface area contributed by atoms with E-state index in [1.54, 1.807) is 0 Å². The molecule has 0 aromatic heterocycles. The molecular weight excluding hydrogens is 336 g/mol. The van der Waals surface area contributed by atoms with Crippen LogP contribution in [0.2, 0.25) is 0 Å². The van der Waals surface area contributed by atoms with Gasteiger partial charge in [-0.15, -0.1) is 0 Å². The Morgan fingerprint density at radius 1 is 1.31 bits per heavy atom. The van der Waals surface area contributed by atoms with Gasteiger partial charge in [0.2, 0.25) is 0 Å². The standard InChI is InChI=1S/C12H12Br2O2/c13-12(14)11-10(6-7-15-11)16-8-9-4-2-1-3-5-9/h1-5,10H,6-8H2. The largest absolute Gasteiger partial charge is 0.493 e. The Kier molecular flexibility index (Phi) is 4.44. The van der Waals surface area contributed by atoms with Gasteiger partial charge in [-0.2, -0.15) is 0 Å². The van der Waals surface area contributed by atoms with Crippen LogP contribution >= 0.6 is 31.9 Å². The molecule has 1 heterocycles. The van der Waals surface area contributed by atoms with Gasteiger partial charge >= 0.3 is 0 Å². The number of benzene rings is 1. The van der Waals surface area contributed by atoms with Gasteiger partial charge in [-0.3, -0.25) is 0 Å². The van der Waals surface area contributed by atoms with Crippen LogP contribution in [-0.2, 0) is 16.1 Å². The lowest BCUT2D eigenvalue weighted by atomic mass is 10.2. The molecule has 1 aliphatic heterocycles. The average molecular weight is 348 g/mol. The van der Waals surface area contributed by atoms with Crippen LogP contribution < -0.4 is 0 Å². The van der Waals surface area contributed by atoms with Gasteiger partial charge in [0, 0.05) is 6.42 Å². The van der Waals surface area contributed by atoms with Gasteiger partial charge in [-0.05, 0) is 37.4 Å². The zero-order valence-corrected chi connectivity index (χ0v) is 11.8. The fourth-order valence-corrected chi connectivity index (χ4v) is 2.35. The van der Waals surface area contributed by atoms with Crippen molar-refractivity contribution >= 4 is 31.9 Å². The molecule has 0 aliphatic carbocycles. The molecule has 1 saturated heterocycles. The van der Waals surface area contributed by atoms with Crippen LogP contribution in [0.25, 0.3) is 0 Å². The molecule has 1 unspecified atom stereocenters. The molecule has 2 nitrogen and oxygen atoms in total. The second kappa shape index (κ2) is 5.84. The normalized spacial score (nSPS) is 19.6. The molecule has 2 rings (SSSR count). The smallest absolute Gasteiger partial charge is 0.146 e. The van der Waals surface area contributed by atoms with E-state index in [4.69, 9.17) is 9.47 Å². The summed E-state index contributed by atoms with van der Waals surface area (Å²) < 4.78 is 12.1. The van der Waals surface area contributed by atoms with Gasteiger partial charge in [-0.25, -0.2) is 0 Å². The zero-order chi connectivity index (χ0) is 11.4. The van der Waals surface area contributed by atoms with Crippen molar-refractivity contribution in [3.05, 3.63) is 45.0 Å². The summed E-state index contributed by atoms with van der Waals surface area (Å²) in [5, 5.41) is 0. The maximum atomic E-state index is 5.82. The Morgan fingerprint density at radius 3 is 2.75 bits per heavy atom. The van der Waals surface area contributed by atoms with Crippen molar-refractivity contribution < 1.29 is 9.47 Å². The van der Waals surface area contributed by atoms with Gasteiger partial charge in [-0.1, -0.05) is 30.3 Å².